The average Bonchev–Trinajstić information content (AvgIpc) is 2.79. The number of halogens is 4. The summed E-state index contributed by atoms with van der Waals surface area (Å²) in [6, 6.07) is 14.9. The minimum Gasteiger partial charge on any atom is -0.405 e. The lowest BCUT2D eigenvalue weighted by Crippen LogP contribution is -2.37. The standard InChI is InChI=1S/C26H30BrF3N4O/c1-34(2)23-15-25(33-22-6-4-3-5-20(22)23)32-19-11-8-16(9-12-19)21(31)13-17-7-10-18(27)14-24(17)35-26(28,29)30/h3-7,10,14-16,19,21H,8-9,11-13,31H2,1-2H3,(H,32,33). The maximum absolute atomic E-state index is 12.8. The van der Waals surface area contributed by atoms with Crippen LogP contribution in [-0.2, 0) is 6.42 Å². The molecule has 1 unspecified atom stereocenters. The Kier molecular flexibility index (Phi) is 7.76. The molecule has 9 heteroatoms. The number of nitrogens with one attached hydrogen (secondary N) is 1. The van der Waals surface area contributed by atoms with Crippen molar-refractivity contribution in [2.24, 2.45) is 11.7 Å². The molecule has 0 saturated heterocycles. The zero-order valence-electron chi connectivity index (χ0n) is 19.8. The lowest BCUT2D eigenvalue weighted by Gasteiger charge is -2.33. The second kappa shape index (κ2) is 10.6. The van der Waals surface area contributed by atoms with Crippen molar-refractivity contribution in [1.29, 1.82) is 0 Å². The first-order chi connectivity index (χ1) is 16.6. The van der Waals surface area contributed by atoms with Gasteiger partial charge in [-0.15, -0.1) is 13.2 Å². The molecule has 3 N–H and O–H groups in total. The number of aromatic nitrogens is 1. The summed E-state index contributed by atoms with van der Waals surface area (Å²) in [5.41, 5.74) is 9.00. The first kappa shape index (κ1) is 25.6. The van der Waals surface area contributed by atoms with Crippen LogP contribution >= 0.6 is 15.9 Å². The molecule has 0 amide bonds. The highest BCUT2D eigenvalue weighted by Gasteiger charge is 2.33. The molecule has 0 radical (unpaired) electrons. The lowest BCUT2D eigenvalue weighted by atomic mass is 9.80. The number of benzene rings is 2. The van der Waals surface area contributed by atoms with Gasteiger partial charge in [0.15, 0.2) is 0 Å². The Morgan fingerprint density at radius 3 is 2.51 bits per heavy atom. The van der Waals surface area contributed by atoms with Gasteiger partial charge in [-0.1, -0.05) is 40.2 Å². The van der Waals surface area contributed by atoms with Gasteiger partial charge in [0.25, 0.3) is 0 Å². The zero-order valence-corrected chi connectivity index (χ0v) is 21.4. The summed E-state index contributed by atoms with van der Waals surface area (Å²) in [4.78, 5) is 6.88. The number of nitrogens with zero attached hydrogens (tertiary/aromatic N) is 2. The van der Waals surface area contributed by atoms with Gasteiger partial charge in [-0.05, 0) is 61.8 Å². The SMILES string of the molecule is CN(C)c1cc(NC2CCC(C(N)Cc3ccc(Br)cc3OC(F)(F)F)CC2)nc2ccccc12. The first-order valence-electron chi connectivity index (χ1n) is 11.7. The Labute approximate surface area is 212 Å². The number of anilines is 2. The van der Waals surface area contributed by atoms with Crippen LogP contribution in [0.2, 0.25) is 0 Å². The van der Waals surface area contributed by atoms with Gasteiger partial charge in [0.2, 0.25) is 0 Å². The molecule has 1 heterocycles. The molecular weight excluding hydrogens is 521 g/mol. The topological polar surface area (TPSA) is 63.4 Å². The molecule has 188 valence electrons. The van der Waals surface area contributed by atoms with Crippen molar-refractivity contribution >= 4 is 38.3 Å². The molecule has 0 bridgehead atoms. The molecule has 1 aliphatic rings. The Morgan fingerprint density at radius 2 is 1.83 bits per heavy atom. The quantitative estimate of drug-likeness (QED) is 0.351. The summed E-state index contributed by atoms with van der Waals surface area (Å²) in [6.07, 6.45) is -0.753. The van der Waals surface area contributed by atoms with E-state index in [1.807, 2.05) is 32.3 Å². The van der Waals surface area contributed by atoms with E-state index in [4.69, 9.17) is 10.7 Å². The van der Waals surface area contributed by atoms with Gasteiger partial charge in [0.05, 0.1) is 5.52 Å². The number of pyridine rings is 1. The third kappa shape index (κ3) is 6.58. The van der Waals surface area contributed by atoms with E-state index in [0.717, 1.165) is 48.1 Å². The van der Waals surface area contributed by atoms with Gasteiger partial charge >= 0.3 is 6.36 Å². The van der Waals surface area contributed by atoms with E-state index in [-0.39, 0.29) is 23.8 Å². The number of para-hydroxylation sites is 1. The molecule has 2 aromatic carbocycles. The van der Waals surface area contributed by atoms with Crippen LogP contribution in [-0.4, -0.2) is 37.5 Å². The molecule has 4 rings (SSSR count). The van der Waals surface area contributed by atoms with Gasteiger partial charge in [-0.2, -0.15) is 0 Å². The molecule has 1 fully saturated rings. The summed E-state index contributed by atoms with van der Waals surface area (Å²) < 4.78 is 43.3. The zero-order chi connectivity index (χ0) is 25.2. The van der Waals surface area contributed by atoms with Crippen molar-refractivity contribution < 1.29 is 17.9 Å². The Hall–Kier alpha value is -2.52. The number of hydrogen-bond donors (Lipinski definition) is 2. The van der Waals surface area contributed by atoms with Crippen molar-refractivity contribution in [1.82, 2.24) is 4.98 Å². The molecule has 0 aliphatic heterocycles. The van der Waals surface area contributed by atoms with E-state index >= 15 is 0 Å². The van der Waals surface area contributed by atoms with Crippen LogP contribution in [0.5, 0.6) is 5.75 Å². The van der Waals surface area contributed by atoms with Gasteiger partial charge < -0.3 is 20.7 Å². The monoisotopic (exact) mass is 550 g/mol. The number of fused-ring (bicyclic) bond motifs is 1. The van der Waals surface area contributed by atoms with E-state index in [9.17, 15) is 13.2 Å². The molecule has 1 aliphatic carbocycles. The fourth-order valence-corrected chi connectivity index (χ4v) is 5.18. The second-order valence-corrected chi connectivity index (χ2v) is 10.3. The maximum Gasteiger partial charge on any atom is 0.573 e. The summed E-state index contributed by atoms with van der Waals surface area (Å²) in [5, 5.41) is 4.70. The third-order valence-electron chi connectivity index (χ3n) is 6.62. The highest BCUT2D eigenvalue weighted by Crippen LogP contribution is 2.34. The van der Waals surface area contributed by atoms with Crippen molar-refractivity contribution in [2.75, 3.05) is 24.3 Å². The van der Waals surface area contributed by atoms with Crippen LogP contribution in [0.4, 0.5) is 24.7 Å². The molecule has 1 atom stereocenters. The van der Waals surface area contributed by atoms with Crippen molar-refractivity contribution in [3.63, 3.8) is 0 Å². The summed E-state index contributed by atoms with van der Waals surface area (Å²) >= 11 is 3.21. The summed E-state index contributed by atoms with van der Waals surface area (Å²) in [6.45, 7) is 0. The van der Waals surface area contributed by atoms with Crippen molar-refractivity contribution in [3.05, 3.63) is 58.6 Å². The van der Waals surface area contributed by atoms with Gasteiger partial charge in [-0.25, -0.2) is 4.98 Å². The molecule has 3 aromatic rings. The molecule has 1 aromatic heterocycles. The molecule has 35 heavy (non-hydrogen) atoms. The summed E-state index contributed by atoms with van der Waals surface area (Å²) in [7, 11) is 4.05. The average molecular weight is 551 g/mol. The Balaban J connectivity index is 1.38. The minimum atomic E-state index is -4.74. The minimum absolute atomic E-state index is 0.197. The van der Waals surface area contributed by atoms with Gasteiger partial charge in [0.1, 0.15) is 11.6 Å². The number of nitrogens with two attached hydrogens (primary N) is 1. The summed E-state index contributed by atoms with van der Waals surface area (Å²) in [5.74, 6) is 0.887. The number of alkyl halides is 3. The molecule has 0 spiro atoms. The molecule has 1 saturated carbocycles. The van der Waals surface area contributed by atoms with E-state index in [1.54, 1.807) is 12.1 Å². The van der Waals surface area contributed by atoms with E-state index in [2.05, 4.69) is 43.0 Å². The predicted octanol–water partition coefficient (Wildman–Crippen LogP) is 6.50. The van der Waals surface area contributed by atoms with E-state index in [1.165, 1.54) is 6.07 Å². The number of hydrogen-bond acceptors (Lipinski definition) is 5. The smallest absolute Gasteiger partial charge is 0.405 e. The van der Waals surface area contributed by atoms with Gasteiger partial charge in [0, 0.05) is 47.8 Å². The first-order valence-corrected chi connectivity index (χ1v) is 12.5. The van der Waals surface area contributed by atoms with E-state index in [0.29, 0.717) is 16.5 Å². The highest BCUT2D eigenvalue weighted by atomic mass is 79.9. The normalized spacial score (nSPS) is 19.4. The third-order valence-corrected chi connectivity index (χ3v) is 7.11. The van der Waals surface area contributed by atoms with Crippen LogP contribution in [0.25, 0.3) is 10.9 Å². The lowest BCUT2D eigenvalue weighted by molar-refractivity contribution is -0.274. The highest BCUT2D eigenvalue weighted by molar-refractivity contribution is 9.10. The Bertz CT molecular complexity index is 1160. The van der Waals surface area contributed by atoms with Crippen molar-refractivity contribution in [3.8, 4) is 5.75 Å². The molecular formula is C26H30BrF3N4O. The second-order valence-electron chi connectivity index (χ2n) is 9.36. The fourth-order valence-electron chi connectivity index (χ4n) is 4.84. The van der Waals surface area contributed by atoms with Crippen LogP contribution < -0.4 is 20.7 Å². The number of rotatable bonds is 7. The van der Waals surface area contributed by atoms with Crippen LogP contribution in [0.3, 0.4) is 0 Å². The van der Waals surface area contributed by atoms with Gasteiger partial charge in [-0.3, -0.25) is 0 Å². The van der Waals surface area contributed by atoms with Crippen molar-refractivity contribution in [2.45, 2.75) is 50.6 Å². The predicted molar refractivity (Wildman–Crippen MR) is 138 cm³/mol. The molecule has 5 nitrogen and oxygen atoms in total. The van der Waals surface area contributed by atoms with Crippen LogP contribution in [0, 0.1) is 5.92 Å². The maximum atomic E-state index is 12.8. The van der Waals surface area contributed by atoms with E-state index < -0.39 is 6.36 Å². The fraction of sp³-hybridized carbons (Fsp3) is 0.423. The largest absolute Gasteiger partial charge is 0.573 e. The van der Waals surface area contributed by atoms with Crippen LogP contribution in [0.15, 0.2) is 53.0 Å². The number of ether oxygens (including phenoxy) is 1. The Morgan fingerprint density at radius 1 is 1.11 bits per heavy atom. The van der Waals surface area contributed by atoms with Crippen LogP contribution in [0.1, 0.15) is 31.2 Å².